The molecule has 0 heterocycles. The van der Waals surface area contributed by atoms with E-state index < -0.39 is 0 Å². The standard InChI is InChI=1S/C23H44O2/c1-5-7-9-11-12-13-14-15-16-18-20-22(19-17-10-8-6-2)25-23(24)21(3)4/h22H,3,5-20H2,1-2,4H3. The van der Waals surface area contributed by atoms with Crippen LogP contribution in [0.5, 0.6) is 0 Å². The summed E-state index contributed by atoms with van der Waals surface area (Å²) in [6, 6.07) is 0. The van der Waals surface area contributed by atoms with Crippen LogP contribution in [0.1, 0.15) is 124 Å². The molecule has 0 spiro atoms. The first-order chi connectivity index (χ1) is 12.1. The number of unbranched alkanes of at least 4 members (excludes halogenated alkanes) is 12. The largest absolute Gasteiger partial charge is 0.459 e. The molecule has 0 aromatic heterocycles. The van der Waals surface area contributed by atoms with Gasteiger partial charge in [0.2, 0.25) is 0 Å². The number of rotatable bonds is 18. The molecule has 0 saturated carbocycles. The van der Waals surface area contributed by atoms with E-state index in [1.54, 1.807) is 6.92 Å². The fourth-order valence-corrected chi connectivity index (χ4v) is 3.17. The molecule has 0 aromatic rings. The van der Waals surface area contributed by atoms with E-state index in [-0.39, 0.29) is 12.1 Å². The minimum Gasteiger partial charge on any atom is -0.459 e. The molecule has 0 rings (SSSR count). The summed E-state index contributed by atoms with van der Waals surface area (Å²) in [5.74, 6) is -0.215. The van der Waals surface area contributed by atoms with Gasteiger partial charge < -0.3 is 4.74 Å². The minimum atomic E-state index is -0.215. The van der Waals surface area contributed by atoms with E-state index in [1.807, 2.05) is 0 Å². The lowest BCUT2D eigenvalue weighted by atomic mass is 10.0. The zero-order valence-electron chi connectivity index (χ0n) is 17.4. The summed E-state index contributed by atoms with van der Waals surface area (Å²) in [4.78, 5) is 11.8. The summed E-state index contributed by atoms with van der Waals surface area (Å²) in [7, 11) is 0. The highest BCUT2D eigenvalue weighted by Gasteiger charge is 2.14. The molecule has 0 radical (unpaired) electrons. The summed E-state index contributed by atoms with van der Waals surface area (Å²) in [5, 5.41) is 0. The third-order valence-electron chi connectivity index (χ3n) is 4.88. The maximum absolute atomic E-state index is 11.8. The molecule has 1 unspecified atom stereocenters. The van der Waals surface area contributed by atoms with Crippen LogP contribution in [0.15, 0.2) is 12.2 Å². The van der Waals surface area contributed by atoms with Crippen LogP contribution in [0, 0.1) is 0 Å². The smallest absolute Gasteiger partial charge is 0.333 e. The summed E-state index contributed by atoms with van der Waals surface area (Å²) in [5.41, 5.74) is 0.515. The second-order valence-corrected chi connectivity index (χ2v) is 7.63. The number of carbonyl (C=O) groups is 1. The van der Waals surface area contributed by atoms with Gasteiger partial charge >= 0.3 is 5.97 Å². The average molecular weight is 353 g/mol. The van der Waals surface area contributed by atoms with E-state index in [2.05, 4.69) is 20.4 Å². The molecule has 0 amide bonds. The molecule has 0 N–H and O–H groups in total. The van der Waals surface area contributed by atoms with Crippen molar-refractivity contribution in [3.63, 3.8) is 0 Å². The molecule has 0 fully saturated rings. The number of carbonyl (C=O) groups excluding carboxylic acids is 1. The third-order valence-corrected chi connectivity index (χ3v) is 4.88. The lowest BCUT2D eigenvalue weighted by molar-refractivity contribution is -0.145. The van der Waals surface area contributed by atoms with Gasteiger partial charge in [-0.25, -0.2) is 4.79 Å². The summed E-state index contributed by atoms with van der Waals surface area (Å²) in [6.07, 6.45) is 20.5. The van der Waals surface area contributed by atoms with Crippen LogP contribution >= 0.6 is 0 Å². The van der Waals surface area contributed by atoms with Gasteiger partial charge in [0, 0.05) is 5.57 Å². The van der Waals surface area contributed by atoms with Crippen molar-refractivity contribution in [1.29, 1.82) is 0 Å². The van der Waals surface area contributed by atoms with Crippen molar-refractivity contribution in [2.45, 2.75) is 130 Å². The summed E-state index contributed by atoms with van der Waals surface area (Å²) in [6.45, 7) is 9.93. The maximum Gasteiger partial charge on any atom is 0.333 e. The fraction of sp³-hybridized carbons (Fsp3) is 0.870. The number of hydrogen-bond donors (Lipinski definition) is 0. The molecule has 0 aliphatic carbocycles. The van der Waals surface area contributed by atoms with E-state index in [9.17, 15) is 4.79 Å². The minimum absolute atomic E-state index is 0.0927. The molecule has 0 bridgehead atoms. The zero-order chi connectivity index (χ0) is 18.8. The highest BCUT2D eigenvalue weighted by atomic mass is 16.5. The van der Waals surface area contributed by atoms with Crippen molar-refractivity contribution in [2.24, 2.45) is 0 Å². The predicted molar refractivity (Wildman–Crippen MR) is 110 cm³/mol. The topological polar surface area (TPSA) is 26.3 Å². The number of esters is 1. The van der Waals surface area contributed by atoms with Gasteiger partial charge in [-0.3, -0.25) is 0 Å². The molecular weight excluding hydrogens is 308 g/mol. The van der Waals surface area contributed by atoms with Crippen LogP contribution in [-0.2, 0) is 9.53 Å². The van der Waals surface area contributed by atoms with Crippen molar-refractivity contribution in [2.75, 3.05) is 0 Å². The molecule has 25 heavy (non-hydrogen) atoms. The van der Waals surface area contributed by atoms with Crippen LogP contribution in [0.2, 0.25) is 0 Å². The van der Waals surface area contributed by atoms with Gasteiger partial charge in [0.05, 0.1) is 0 Å². The van der Waals surface area contributed by atoms with Crippen molar-refractivity contribution in [3.05, 3.63) is 12.2 Å². The Hall–Kier alpha value is -0.790. The maximum atomic E-state index is 11.8. The van der Waals surface area contributed by atoms with Crippen molar-refractivity contribution in [1.82, 2.24) is 0 Å². The van der Waals surface area contributed by atoms with Crippen molar-refractivity contribution in [3.8, 4) is 0 Å². The number of ether oxygens (including phenoxy) is 1. The van der Waals surface area contributed by atoms with Gasteiger partial charge in [-0.05, 0) is 32.6 Å². The van der Waals surface area contributed by atoms with Crippen molar-refractivity contribution < 1.29 is 9.53 Å². The fourth-order valence-electron chi connectivity index (χ4n) is 3.17. The highest BCUT2D eigenvalue weighted by molar-refractivity contribution is 5.87. The van der Waals surface area contributed by atoms with E-state index >= 15 is 0 Å². The van der Waals surface area contributed by atoms with Gasteiger partial charge in [-0.15, -0.1) is 0 Å². The molecule has 148 valence electrons. The van der Waals surface area contributed by atoms with E-state index in [0.29, 0.717) is 5.57 Å². The van der Waals surface area contributed by atoms with Gasteiger partial charge in [-0.2, -0.15) is 0 Å². The lowest BCUT2D eigenvalue weighted by Crippen LogP contribution is -2.18. The predicted octanol–water partition coefficient (Wildman–Crippen LogP) is 7.76. The lowest BCUT2D eigenvalue weighted by Gasteiger charge is -2.18. The second kappa shape index (κ2) is 18.0. The molecule has 2 nitrogen and oxygen atoms in total. The van der Waals surface area contributed by atoms with Crippen LogP contribution in [0.25, 0.3) is 0 Å². The normalized spacial score (nSPS) is 12.1. The first kappa shape index (κ1) is 24.2. The Bertz CT molecular complexity index is 322. The van der Waals surface area contributed by atoms with Gasteiger partial charge in [0.15, 0.2) is 0 Å². The monoisotopic (exact) mass is 352 g/mol. The molecule has 1 atom stereocenters. The molecule has 2 heteroatoms. The van der Waals surface area contributed by atoms with Crippen LogP contribution in [-0.4, -0.2) is 12.1 Å². The Morgan fingerprint density at radius 1 is 0.720 bits per heavy atom. The van der Waals surface area contributed by atoms with E-state index in [1.165, 1.54) is 89.9 Å². The van der Waals surface area contributed by atoms with E-state index in [4.69, 9.17) is 4.74 Å². The molecule has 0 aromatic carbocycles. The quantitative estimate of drug-likeness (QED) is 0.143. The van der Waals surface area contributed by atoms with Gasteiger partial charge in [0.1, 0.15) is 6.10 Å². The van der Waals surface area contributed by atoms with Crippen molar-refractivity contribution >= 4 is 5.97 Å². The molecule has 0 saturated heterocycles. The third kappa shape index (κ3) is 16.4. The molecule has 0 aliphatic rings. The Kier molecular flexibility index (Phi) is 17.4. The Morgan fingerprint density at radius 2 is 1.08 bits per heavy atom. The first-order valence-corrected chi connectivity index (χ1v) is 11.0. The zero-order valence-corrected chi connectivity index (χ0v) is 17.4. The average Bonchev–Trinajstić information content (AvgIpc) is 2.59. The highest BCUT2D eigenvalue weighted by Crippen LogP contribution is 2.17. The SMILES string of the molecule is C=C(C)C(=O)OC(CCCCCC)CCCCCCCCCCCC. The Morgan fingerprint density at radius 3 is 1.48 bits per heavy atom. The second-order valence-electron chi connectivity index (χ2n) is 7.63. The molecule has 0 aliphatic heterocycles. The van der Waals surface area contributed by atoms with Crippen LogP contribution in [0.3, 0.4) is 0 Å². The summed E-state index contributed by atoms with van der Waals surface area (Å²) < 4.78 is 5.64. The summed E-state index contributed by atoms with van der Waals surface area (Å²) >= 11 is 0. The number of hydrogen-bond acceptors (Lipinski definition) is 2. The van der Waals surface area contributed by atoms with E-state index in [0.717, 1.165) is 12.8 Å². The van der Waals surface area contributed by atoms with Gasteiger partial charge in [0.25, 0.3) is 0 Å². The van der Waals surface area contributed by atoms with Crippen LogP contribution < -0.4 is 0 Å². The Labute approximate surface area is 157 Å². The van der Waals surface area contributed by atoms with Crippen LogP contribution in [0.4, 0.5) is 0 Å². The van der Waals surface area contributed by atoms with Gasteiger partial charge in [-0.1, -0.05) is 97.5 Å². The Balaban J connectivity index is 3.77. The first-order valence-electron chi connectivity index (χ1n) is 11.0. The molecular formula is C23H44O2.